The van der Waals surface area contributed by atoms with Crippen LogP contribution in [0.3, 0.4) is 0 Å². The van der Waals surface area contributed by atoms with Gasteiger partial charge in [-0.1, -0.05) is 31.4 Å². The number of likely N-dealkylation sites (tertiary alicyclic amines) is 1. The van der Waals surface area contributed by atoms with Gasteiger partial charge in [0.2, 0.25) is 5.91 Å². The van der Waals surface area contributed by atoms with E-state index in [-0.39, 0.29) is 60.1 Å². The van der Waals surface area contributed by atoms with Crippen LogP contribution in [0.1, 0.15) is 49.7 Å². The predicted octanol–water partition coefficient (Wildman–Crippen LogP) is 5.99. The van der Waals surface area contributed by atoms with Crippen LogP contribution in [0.5, 0.6) is 0 Å². The summed E-state index contributed by atoms with van der Waals surface area (Å²) in [4.78, 5) is 18.8. The Bertz CT molecular complexity index is 1240. The number of carbonyl (C=O) groups excluding carboxylic acids is 1. The van der Waals surface area contributed by atoms with Crippen molar-refractivity contribution in [3.63, 3.8) is 0 Å². The van der Waals surface area contributed by atoms with E-state index in [1.54, 1.807) is 19.1 Å². The van der Waals surface area contributed by atoms with Crippen molar-refractivity contribution < 1.29 is 27.1 Å². The fourth-order valence-corrected chi connectivity index (χ4v) is 5.10. The lowest BCUT2D eigenvalue weighted by Gasteiger charge is -2.28. The smallest absolute Gasteiger partial charge is 0.300 e. The van der Waals surface area contributed by atoms with Gasteiger partial charge in [-0.3, -0.25) is 4.79 Å². The molecule has 9 heteroatoms. The first-order valence-corrected chi connectivity index (χ1v) is 12.5. The highest BCUT2D eigenvalue weighted by Crippen LogP contribution is 2.29. The van der Waals surface area contributed by atoms with Crippen molar-refractivity contribution in [1.82, 2.24) is 9.88 Å². The van der Waals surface area contributed by atoms with E-state index >= 15 is 4.39 Å². The van der Waals surface area contributed by atoms with Gasteiger partial charge in [-0.05, 0) is 43.5 Å². The molecule has 2 aromatic carbocycles. The summed E-state index contributed by atoms with van der Waals surface area (Å²) >= 11 is 0. The van der Waals surface area contributed by atoms with E-state index in [0.717, 1.165) is 31.2 Å². The molecule has 1 saturated heterocycles. The van der Waals surface area contributed by atoms with E-state index in [1.807, 2.05) is 0 Å². The molecule has 2 aliphatic rings. The summed E-state index contributed by atoms with van der Waals surface area (Å²) in [5.41, 5.74) is 1.53. The van der Waals surface area contributed by atoms with Gasteiger partial charge in [-0.25, -0.2) is 13.2 Å². The summed E-state index contributed by atoms with van der Waals surface area (Å²) in [6.45, 7) is 2.09. The van der Waals surface area contributed by atoms with E-state index in [4.69, 9.17) is 9.15 Å². The number of aryl methyl sites for hydroxylation is 1. The molecule has 6 nitrogen and oxygen atoms in total. The lowest BCUT2D eigenvalue weighted by atomic mass is 9.98. The molecule has 1 N–H and O–H groups in total. The monoisotopic (exact) mass is 501 g/mol. The summed E-state index contributed by atoms with van der Waals surface area (Å²) in [6, 6.07) is 6.97. The van der Waals surface area contributed by atoms with Crippen LogP contribution in [0.15, 0.2) is 34.7 Å². The predicted molar refractivity (Wildman–Crippen MR) is 130 cm³/mol. The summed E-state index contributed by atoms with van der Waals surface area (Å²) in [5, 5.41) is 2.87. The van der Waals surface area contributed by atoms with Crippen LogP contribution in [-0.4, -0.2) is 47.3 Å². The van der Waals surface area contributed by atoms with E-state index in [2.05, 4.69) is 10.3 Å². The third-order valence-corrected chi connectivity index (χ3v) is 7.12. The van der Waals surface area contributed by atoms with Crippen molar-refractivity contribution in [3.8, 4) is 0 Å². The second-order valence-electron chi connectivity index (χ2n) is 9.79. The number of nitrogens with one attached hydrogen (secondary N) is 1. The normalized spacial score (nSPS) is 20.8. The van der Waals surface area contributed by atoms with Crippen LogP contribution >= 0.6 is 0 Å². The van der Waals surface area contributed by atoms with Gasteiger partial charge in [0.15, 0.2) is 11.4 Å². The number of alkyl halides is 1. The minimum atomic E-state index is -1.12. The second kappa shape index (κ2) is 10.5. The van der Waals surface area contributed by atoms with E-state index < -0.39 is 17.8 Å². The van der Waals surface area contributed by atoms with Gasteiger partial charge in [0.25, 0.3) is 6.01 Å². The zero-order valence-corrected chi connectivity index (χ0v) is 20.2. The van der Waals surface area contributed by atoms with Crippen molar-refractivity contribution in [2.75, 3.05) is 18.5 Å². The molecule has 0 radical (unpaired) electrons. The zero-order chi connectivity index (χ0) is 25.2. The number of hydrogen-bond donors (Lipinski definition) is 1. The molecule has 2 fully saturated rings. The number of fused-ring (bicyclic) bond motifs is 1. The first-order chi connectivity index (χ1) is 17.4. The van der Waals surface area contributed by atoms with Gasteiger partial charge in [0.05, 0.1) is 31.7 Å². The molecular weight excluding hydrogens is 471 g/mol. The van der Waals surface area contributed by atoms with Crippen LogP contribution in [0, 0.1) is 18.6 Å². The Morgan fingerprint density at radius 1 is 1.19 bits per heavy atom. The van der Waals surface area contributed by atoms with Crippen molar-refractivity contribution in [2.24, 2.45) is 0 Å². The Morgan fingerprint density at radius 3 is 2.81 bits per heavy atom. The first kappa shape index (κ1) is 24.6. The van der Waals surface area contributed by atoms with Crippen LogP contribution in [0.25, 0.3) is 11.1 Å². The Hall–Kier alpha value is -3.07. The number of rotatable bonds is 7. The summed E-state index contributed by atoms with van der Waals surface area (Å²) in [7, 11) is 0. The van der Waals surface area contributed by atoms with Crippen molar-refractivity contribution in [3.05, 3.63) is 53.1 Å². The number of benzene rings is 2. The maximum absolute atomic E-state index is 15.3. The lowest BCUT2D eigenvalue weighted by molar-refractivity contribution is -0.133. The molecule has 2 atom stereocenters. The van der Waals surface area contributed by atoms with E-state index in [1.165, 1.54) is 29.5 Å². The van der Waals surface area contributed by atoms with Gasteiger partial charge >= 0.3 is 0 Å². The molecule has 1 aliphatic carbocycles. The minimum absolute atomic E-state index is 0.00917. The molecule has 5 rings (SSSR count). The van der Waals surface area contributed by atoms with Gasteiger partial charge in [-0.15, -0.1) is 0 Å². The van der Waals surface area contributed by atoms with Gasteiger partial charge in [0.1, 0.15) is 17.5 Å². The highest BCUT2D eigenvalue weighted by Gasteiger charge is 2.36. The average Bonchev–Trinajstić information content (AvgIpc) is 3.46. The maximum atomic E-state index is 15.3. The summed E-state index contributed by atoms with van der Waals surface area (Å²) in [6.07, 6.45) is 4.53. The summed E-state index contributed by atoms with van der Waals surface area (Å²) < 4.78 is 54.7. The van der Waals surface area contributed by atoms with Gasteiger partial charge < -0.3 is 19.4 Å². The molecule has 2 heterocycles. The van der Waals surface area contributed by atoms with Gasteiger partial charge in [0, 0.05) is 17.7 Å². The number of halogens is 3. The molecule has 1 saturated carbocycles. The Morgan fingerprint density at radius 2 is 2.00 bits per heavy atom. The molecule has 36 heavy (non-hydrogen) atoms. The third kappa shape index (κ3) is 5.36. The Kier molecular flexibility index (Phi) is 7.18. The molecule has 0 spiro atoms. The van der Waals surface area contributed by atoms with Crippen molar-refractivity contribution in [1.29, 1.82) is 0 Å². The zero-order valence-electron chi connectivity index (χ0n) is 20.2. The van der Waals surface area contributed by atoms with Crippen LogP contribution in [-0.2, 0) is 16.0 Å². The lowest BCUT2D eigenvalue weighted by Crippen LogP contribution is -2.40. The quantitative estimate of drug-likeness (QED) is 0.431. The number of oxazole rings is 1. The summed E-state index contributed by atoms with van der Waals surface area (Å²) in [5.74, 6) is -1.46. The molecular formula is C27H30F3N3O3. The van der Waals surface area contributed by atoms with Crippen LogP contribution in [0.4, 0.5) is 24.9 Å². The first-order valence-electron chi connectivity index (χ1n) is 12.5. The number of nitrogens with zero attached hydrogens (tertiary/aromatic N) is 2. The minimum Gasteiger partial charge on any atom is -0.420 e. The molecule has 192 valence electrons. The Labute approximate surface area is 207 Å². The average molecular weight is 502 g/mol. The van der Waals surface area contributed by atoms with Crippen LogP contribution < -0.4 is 5.32 Å². The third-order valence-electron chi connectivity index (χ3n) is 7.12. The largest absolute Gasteiger partial charge is 0.420 e. The number of hydrogen-bond acceptors (Lipinski definition) is 5. The number of ether oxygens (including phenoxy) is 1. The number of amides is 1. The van der Waals surface area contributed by atoms with Crippen LogP contribution in [0.2, 0.25) is 0 Å². The molecule has 3 aromatic rings. The van der Waals surface area contributed by atoms with Crippen molar-refractivity contribution in [2.45, 2.75) is 70.2 Å². The van der Waals surface area contributed by atoms with E-state index in [0.29, 0.717) is 12.3 Å². The standard InChI is InChI=1S/C27H30F3N3O3/c1-16-7-9-18(28)13-23(16)32-27-31-22-10-8-17(25(30)26(22)36-27)11-24(34)33-14-19(29)12-20(33)15-35-21-5-3-2-4-6-21/h7-10,13,19-21H,2-6,11-12,14-15H2,1H3,(H,31,32)/t19-,20-/m0/s1. The van der Waals surface area contributed by atoms with Gasteiger partial charge in [-0.2, -0.15) is 4.98 Å². The maximum Gasteiger partial charge on any atom is 0.300 e. The highest BCUT2D eigenvalue weighted by atomic mass is 19.1. The van der Waals surface area contributed by atoms with E-state index in [9.17, 15) is 13.6 Å². The SMILES string of the molecule is Cc1ccc(F)cc1Nc1nc2ccc(CC(=O)N3C[C@@H](F)C[C@H]3COC3CCCCC3)c(F)c2o1. The number of carbonyl (C=O) groups is 1. The molecule has 1 amide bonds. The molecule has 1 aliphatic heterocycles. The fraction of sp³-hybridized carbons (Fsp3) is 0.481. The topological polar surface area (TPSA) is 67.6 Å². The molecule has 1 aromatic heterocycles. The van der Waals surface area contributed by atoms with Crippen molar-refractivity contribution >= 4 is 28.7 Å². The molecule has 0 bridgehead atoms. The number of aromatic nitrogens is 1. The highest BCUT2D eigenvalue weighted by molar-refractivity contribution is 5.83. The second-order valence-corrected chi connectivity index (χ2v) is 9.79. The molecule has 0 unspecified atom stereocenters. The Balaban J connectivity index is 1.28. The fourth-order valence-electron chi connectivity index (χ4n) is 5.10. The number of anilines is 2.